The molecular formula is C13H11ClN2O2. The minimum Gasteiger partial charge on any atom is -0.478 e. The van der Waals surface area contributed by atoms with Gasteiger partial charge in [-0.1, -0.05) is 17.7 Å². The van der Waals surface area contributed by atoms with E-state index in [1.807, 2.05) is 18.2 Å². The van der Waals surface area contributed by atoms with Crippen molar-refractivity contribution < 1.29 is 9.90 Å². The van der Waals surface area contributed by atoms with Gasteiger partial charge < -0.3 is 10.4 Å². The zero-order chi connectivity index (χ0) is 13.0. The van der Waals surface area contributed by atoms with Crippen LogP contribution in [-0.2, 0) is 6.54 Å². The largest absolute Gasteiger partial charge is 0.478 e. The highest BCUT2D eigenvalue weighted by atomic mass is 35.5. The van der Waals surface area contributed by atoms with Crippen LogP contribution in [0.3, 0.4) is 0 Å². The fraction of sp³-hybridized carbons (Fsp3) is 0.0769. The molecule has 5 heteroatoms. The zero-order valence-corrected chi connectivity index (χ0v) is 10.2. The Labute approximate surface area is 109 Å². The Morgan fingerprint density at radius 2 is 2.17 bits per heavy atom. The summed E-state index contributed by atoms with van der Waals surface area (Å²) in [6.45, 7) is 0.529. The Kier molecular flexibility index (Phi) is 3.79. The van der Waals surface area contributed by atoms with Gasteiger partial charge >= 0.3 is 5.97 Å². The fourth-order valence-electron chi connectivity index (χ4n) is 1.49. The smallest absolute Gasteiger partial charge is 0.337 e. The number of anilines is 1. The van der Waals surface area contributed by atoms with Gasteiger partial charge in [0.2, 0.25) is 0 Å². The highest BCUT2D eigenvalue weighted by Crippen LogP contribution is 2.20. The standard InChI is InChI=1S/C13H11ClN2O2/c14-12-5-4-9(7-11(12)13(17)18)16-8-10-3-1-2-6-15-10/h1-7,16H,8H2,(H,17,18). The monoisotopic (exact) mass is 262 g/mol. The third kappa shape index (κ3) is 2.99. The van der Waals surface area contributed by atoms with E-state index < -0.39 is 5.97 Å². The first-order chi connectivity index (χ1) is 8.66. The summed E-state index contributed by atoms with van der Waals surface area (Å²) in [6.07, 6.45) is 1.71. The highest BCUT2D eigenvalue weighted by Gasteiger charge is 2.09. The van der Waals surface area contributed by atoms with Crippen LogP contribution in [0.4, 0.5) is 5.69 Å². The molecular weight excluding hydrogens is 252 g/mol. The van der Waals surface area contributed by atoms with Crippen LogP contribution in [0.15, 0.2) is 42.6 Å². The Morgan fingerprint density at radius 3 is 2.83 bits per heavy atom. The number of carbonyl (C=O) groups is 1. The van der Waals surface area contributed by atoms with E-state index in [9.17, 15) is 4.79 Å². The van der Waals surface area contributed by atoms with Crippen LogP contribution in [0, 0.1) is 0 Å². The number of aromatic nitrogens is 1. The van der Waals surface area contributed by atoms with Crippen LogP contribution >= 0.6 is 11.6 Å². The molecule has 0 radical (unpaired) electrons. The number of hydrogen-bond acceptors (Lipinski definition) is 3. The van der Waals surface area contributed by atoms with Crippen LogP contribution in [0.25, 0.3) is 0 Å². The highest BCUT2D eigenvalue weighted by molar-refractivity contribution is 6.33. The number of hydrogen-bond donors (Lipinski definition) is 2. The molecule has 0 aliphatic heterocycles. The van der Waals surface area contributed by atoms with E-state index in [0.717, 1.165) is 5.69 Å². The lowest BCUT2D eigenvalue weighted by Gasteiger charge is -2.07. The molecule has 1 aromatic carbocycles. The predicted molar refractivity (Wildman–Crippen MR) is 70.0 cm³/mol. The summed E-state index contributed by atoms with van der Waals surface area (Å²) in [4.78, 5) is 15.1. The summed E-state index contributed by atoms with van der Waals surface area (Å²) < 4.78 is 0. The molecule has 1 heterocycles. The first-order valence-corrected chi connectivity index (χ1v) is 5.71. The van der Waals surface area contributed by atoms with Gasteiger partial charge in [-0.2, -0.15) is 0 Å². The fourth-order valence-corrected chi connectivity index (χ4v) is 1.69. The molecule has 4 nitrogen and oxygen atoms in total. The average Bonchev–Trinajstić information content (AvgIpc) is 2.38. The average molecular weight is 263 g/mol. The van der Waals surface area contributed by atoms with E-state index >= 15 is 0 Å². The van der Waals surface area contributed by atoms with Crippen LogP contribution in [-0.4, -0.2) is 16.1 Å². The third-order valence-electron chi connectivity index (χ3n) is 2.40. The summed E-state index contributed by atoms with van der Waals surface area (Å²) in [5, 5.41) is 12.3. The SMILES string of the molecule is O=C(O)c1cc(NCc2ccccn2)ccc1Cl. The molecule has 0 atom stereocenters. The van der Waals surface area contributed by atoms with E-state index in [1.54, 1.807) is 18.3 Å². The van der Waals surface area contributed by atoms with E-state index in [0.29, 0.717) is 12.2 Å². The molecule has 0 saturated heterocycles. The van der Waals surface area contributed by atoms with Gasteiger partial charge in [-0.3, -0.25) is 4.98 Å². The first kappa shape index (κ1) is 12.4. The van der Waals surface area contributed by atoms with Gasteiger partial charge in [-0.25, -0.2) is 4.79 Å². The molecule has 1 aromatic heterocycles. The molecule has 92 valence electrons. The molecule has 0 unspecified atom stereocenters. The van der Waals surface area contributed by atoms with Gasteiger partial charge in [0, 0.05) is 11.9 Å². The van der Waals surface area contributed by atoms with Crippen molar-refractivity contribution in [2.75, 3.05) is 5.32 Å². The number of nitrogens with one attached hydrogen (secondary N) is 1. The predicted octanol–water partition coefficient (Wildman–Crippen LogP) is 3.05. The minimum atomic E-state index is -1.04. The van der Waals surface area contributed by atoms with E-state index in [1.165, 1.54) is 6.07 Å². The van der Waals surface area contributed by atoms with Crippen molar-refractivity contribution in [1.29, 1.82) is 0 Å². The molecule has 0 bridgehead atoms. The van der Waals surface area contributed by atoms with Crippen molar-refractivity contribution in [3.05, 3.63) is 58.9 Å². The lowest BCUT2D eigenvalue weighted by atomic mass is 10.2. The Balaban J connectivity index is 2.11. The van der Waals surface area contributed by atoms with Crippen molar-refractivity contribution >= 4 is 23.3 Å². The molecule has 0 aliphatic carbocycles. The minimum absolute atomic E-state index is 0.0858. The van der Waals surface area contributed by atoms with E-state index in [2.05, 4.69) is 10.3 Å². The van der Waals surface area contributed by atoms with Crippen molar-refractivity contribution in [3.63, 3.8) is 0 Å². The Hall–Kier alpha value is -2.07. The number of carboxylic acid groups (broad SMARTS) is 1. The van der Waals surface area contributed by atoms with E-state index in [4.69, 9.17) is 16.7 Å². The normalized spacial score (nSPS) is 10.1. The van der Waals surface area contributed by atoms with Crippen molar-refractivity contribution in [3.8, 4) is 0 Å². The van der Waals surface area contributed by atoms with Gasteiger partial charge in [0.15, 0.2) is 0 Å². The maximum absolute atomic E-state index is 10.9. The first-order valence-electron chi connectivity index (χ1n) is 5.33. The number of aromatic carboxylic acids is 1. The molecule has 0 saturated carbocycles. The second kappa shape index (κ2) is 5.51. The van der Waals surface area contributed by atoms with Crippen LogP contribution in [0.2, 0.25) is 5.02 Å². The van der Waals surface area contributed by atoms with E-state index in [-0.39, 0.29) is 10.6 Å². The summed E-state index contributed by atoms with van der Waals surface area (Å²) in [7, 11) is 0. The zero-order valence-electron chi connectivity index (χ0n) is 9.43. The Bertz CT molecular complexity index is 558. The summed E-state index contributed by atoms with van der Waals surface area (Å²) in [5.74, 6) is -1.04. The molecule has 2 aromatic rings. The quantitative estimate of drug-likeness (QED) is 0.889. The number of pyridine rings is 1. The van der Waals surface area contributed by atoms with Crippen molar-refractivity contribution in [2.45, 2.75) is 6.54 Å². The number of halogens is 1. The van der Waals surface area contributed by atoms with Crippen LogP contribution < -0.4 is 5.32 Å². The van der Waals surface area contributed by atoms with Crippen LogP contribution in [0.5, 0.6) is 0 Å². The molecule has 0 fully saturated rings. The van der Waals surface area contributed by atoms with Gasteiger partial charge in [0.1, 0.15) is 0 Å². The lowest BCUT2D eigenvalue weighted by molar-refractivity contribution is 0.0697. The third-order valence-corrected chi connectivity index (χ3v) is 2.73. The maximum Gasteiger partial charge on any atom is 0.337 e. The molecule has 18 heavy (non-hydrogen) atoms. The summed E-state index contributed by atoms with van der Waals surface area (Å²) >= 11 is 5.79. The molecule has 2 N–H and O–H groups in total. The second-order valence-electron chi connectivity index (χ2n) is 3.67. The number of carboxylic acids is 1. The molecule has 2 rings (SSSR count). The topological polar surface area (TPSA) is 62.2 Å². The summed E-state index contributed by atoms with van der Waals surface area (Å²) in [5.41, 5.74) is 1.66. The second-order valence-corrected chi connectivity index (χ2v) is 4.08. The van der Waals surface area contributed by atoms with Crippen molar-refractivity contribution in [1.82, 2.24) is 4.98 Å². The molecule has 0 spiro atoms. The van der Waals surface area contributed by atoms with Crippen LogP contribution in [0.1, 0.15) is 16.1 Å². The number of nitrogens with zero attached hydrogens (tertiary/aromatic N) is 1. The molecule has 0 aliphatic rings. The van der Waals surface area contributed by atoms with Gasteiger partial charge in [0.25, 0.3) is 0 Å². The van der Waals surface area contributed by atoms with Gasteiger partial charge in [0.05, 0.1) is 22.8 Å². The maximum atomic E-state index is 10.9. The Morgan fingerprint density at radius 1 is 1.33 bits per heavy atom. The van der Waals surface area contributed by atoms with Gasteiger partial charge in [-0.15, -0.1) is 0 Å². The lowest BCUT2D eigenvalue weighted by Crippen LogP contribution is -2.03. The number of rotatable bonds is 4. The van der Waals surface area contributed by atoms with Gasteiger partial charge in [-0.05, 0) is 30.3 Å². The number of benzene rings is 1. The molecule has 0 amide bonds. The summed E-state index contributed by atoms with van der Waals surface area (Å²) in [6, 6.07) is 10.4. The van der Waals surface area contributed by atoms with Crippen molar-refractivity contribution in [2.24, 2.45) is 0 Å².